The van der Waals surface area contributed by atoms with Gasteiger partial charge in [-0.25, -0.2) is 4.98 Å². The molecule has 0 aromatic carbocycles. The predicted octanol–water partition coefficient (Wildman–Crippen LogP) is 2.97. The Morgan fingerprint density at radius 2 is 2.00 bits per heavy atom. The van der Waals surface area contributed by atoms with Crippen molar-refractivity contribution in [2.45, 2.75) is 53.0 Å². The Kier molecular flexibility index (Phi) is 10.5. The van der Waals surface area contributed by atoms with Crippen LogP contribution in [0.15, 0.2) is 9.41 Å². The Balaban J connectivity index is 0.00000341. The fourth-order valence-corrected chi connectivity index (χ4v) is 4.34. The zero-order chi connectivity index (χ0) is 21.5. The van der Waals surface area contributed by atoms with Gasteiger partial charge in [0.25, 0.3) is 0 Å². The number of guanidine groups is 1. The number of likely N-dealkylation sites (tertiary alicyclic amines) is 2. The average molecular weight is 547 g/mol. The van der Waals surface area contributed by atoms with E-state index in [1.807, 2.05) is 27.8 Å². The van der Waals surface area contributed by atoms with Gasteiger partial charge in [0.05, 0.1) is 24.8 Å². The second kappa shape index (κ2) is 12.6. The fraction of sp³-hybridized carbons (Fsp3) is 0.773. The summed E-state index contributed by atoms with van der Waals surface area (Å²) in [4.78, 5) is 25.7. The van der Waals surface area contributed by atoms with Crippen LogP contribution in [0.1, 0.15) is 50.0 Å². The molecule has 176 valence electrons. The van der Waals surface area contributed by atoms with Gasteiger partial charge in [-0.1, -0.05) is 0 Å². The molecule has 2 saturated heterocycles. The maximum Gasteiger partial charge on any atom is 0.310 e. The van der Waals surface area contributed by atoms with Gasteiger partial charge in [-0.3, -0.25) is 14.7 Å². The number of hydrogen-bond donors (Lipinski definition) is 1. The molecule has 1 N–H and O–H groups in total. The molecule has 31 heavy (non-hydrogen) atoms. The first-order chi connectivity index (χ1) is 14.5. The van der Waals surface area contributed by atoms with Crippen LogP contribution in [-0.4, -0.2) is 73.1 Å². The number of hydrogen-bond acceptors (Lipinski definition) is 6. The molecule has 2 aliphatic heterocycles. The van der Waals surface area contributed by atoms with Crippen LogP contribution in [0.3, 0.4) is 0 Å². The summed E-state index contributed by atoms with van der Waals surface area (Å²) >= 11 is 0. The van der Waals surface area contributed by atoms with Gasteiger partial charge in [-0.05, 0) is 65.5 Å². The summed E-state index contributed by atoms with van der Waals surface area (Å²) in [7, 11) is 1.82. The van der Waals surface area contributed by atoms with Crippen LogP contribution < -0.4 is 5.32 Å². The molecular weight excluding hydrogens is 509 g/mol. The molecule has 8 nitrogen and oxygen atoms in total. The van der Waals surface area contributed by atoms with Crippen LogP contribution in [0.4, 0.5) is 0 Å². The lowest BCUT2D eigenvalue weighted by Gasteiger charge is -2.35. The number of carbonyl (C=O) groups is 1. The van der Waals surface area contributed by atoms with Gasteiger partial charge in [-0.15, -0.1) is 24.0 Å². The second-order valence-corrected chi connectivity index (χ2v) is 8.43. The molecule has 3 heterocycles. The molecule has 2 aliphatic rings. The Morgan fingerprint density at radius 1 is 1.26 bits per heavy atom. The van der Waals surface area contributed by atoms with Crippen molar-refractivity contribution in [3.63, 3.8) is 0 Å². The van der Waals surface area contributed by atoms with E-state index in [1.54, 1.807) is 0 Å². The van der Waals surface area contributed by atoms with E-state index in [0.29, 0.717) is 19.1 Å². The van der Waals surface area contributed by atoms with Gasteiger partial charge < -0.3 is 19.4 Å². The molecule has 0 spiro atoms. The van der Waals surface area contributed by atoms with E-state index >= 15 is 0 Å². The van der Waals surface area contributed by atoms with Crippen LogP contribution in [0.5, 0.6) is 0 Å². The maximum atomic E-state index is 12.1. The topological polar surface area (TPSA) is 83.2 Å². The number of carbonyl (C=O) groups excluding carboxylic acids is 1. The zero-order valence-corrected chi connectivity index (χ0v) is 21.7. The standard InChI is InChI=1S/C22H37N5O3.HI/c1-5-29-21(28)19-7-6-10-27(14-19)22(23-4)24-13-18-8-11-26(12-9-18)15-20-25-16(2)17(3)30-20;/h18-19H,5-15H2,1-4H3,(H,23,24);1H. The number of ether oxygens (including phenoxy) is 1. The molecule has 0 saturated carbocycles. The lowest BCUT2D eigenvalue weighted by Crippen LogP contribution is -2.49. The lowest BCUT2D eigenvalue weighted by molar-refractivity contribution is -0.149. The monoisotopic (exact) mass is 547 g/mol. The minimum absolute atomic E-state index is 0. The molecule has 2 fully saturated rings. The number of halogens is 1. The second-order valence-electron chi connectivity index (χ2n) is 8.43. The first kappa shape index (κ1) is 25.9. The molecule has 0 amide bonds. The van der Waals surface area contributed by atoms with E-state index in [4.69, 9.17) is 9.15 Å². The summed E-state index contributed by atoms with van der Waals surface area (Å²) in [5, 5.41) is 3.55. The number of esters is 1. The van der Waals surface area contributed by atoms with Crippen molar-refractivity contribution >= 4 is 35.9 Å². The summed E-state index contributed by atoms with van der Waals surface area (Å²) in [6.45, 7) is 11.7. The van der Waals surface area contributed by atoms with Gasteiger partial charge in [-0.2, -0.15) is 0 Å². The minimum atomic E-state index is -0.0820. The van der Waals surface area contributed by atoms with Gasteiger partial charge >= 0.3 is 5.97 Å². The summed E-state index contributed by atoms with van der Waals surface area (Å²) in [5.41, 5.74) is 0.985. The van der Waals surface area contributed by atoms with Crippen molar-refractivity contribution in [3.8, 4) is 0 Å². The summed E-state index contributed by atoms with van der Waals surface area (Å²) in [5.74, 6) is 3.12. The van der Waals surface area contributed by atoms with Crippen molar-refractivity contribution < 1.29 is 13.9 Å². The third kappa shape index (κ3) is 7.34. The van der Waals surface area contributed by atoms with Crippen molar-refractivity contribution in [1.82, 2.24) is 20.1 Å². The quantitative estimate of drug-likeness (QED) is 0.254. The van der Waals surface area contributed by atoms with Crippen LogP contribution in [-0.2, 0) is 16.1 Å². The van der Waals surface area contributed by atoms with E-state index in [9.17, 15) is 4.79 Å². The van der Waals surface area contributed by atoms with E-state index in [0.717, 1.165) is 81.7 Å². The molecule has 9 heteroatoms. The molecule has 0 bridgehead atoms. The minimum Gasteiger partial charge on any atom is -0.466 e. The largest absolute Gasteiger partial charge is 0.466 e. The Labute approximate surface area is 203 Å². The van der Waals surface area contributed by atoms with E-state index in [2.05, 4.69) is 25.1 Å². The third-order valence-electron chi connectivity index (χ3n) is 6.24. The normalized spacial score (nSPS) is 21.0. The maximum absolute atomic E-state index is 12.1. The number of piperidine rings is 2. The van der Waals surface area contributed by atoms with Crippen molar-refractivity contribution in [2.75, 3.05) is 46.4 Å². The molecule has 0 radical (unpaired) electrons. The highest BCUT2D eigenvalue weighted by Crippen LogP contribution is 2.21. The first-order valence-corrected chi connectivity index (χ1v) is 11.3. The van der Waals surface area contributed by atoms with Crippen molar-refractivity contribution in [2.24, 2.45) is 16.8 Å². The lowest BCUT2D eigenvalue weighted by atomic mass is 9.96. The zero-order valence-electron chi connectivity index (χ0n) is 19.4. The van der Waals surface area contributed by atoms with E-state index < -0.39 is 0 Å². The molecule has 1 aromatic rings. The van der Waals surface area contributed by atoms with Crippen LogP contribution >= 0.6 is 24.0 Å². The number of aryl methyl sites for hydroxylation is 2. The third-order valence-corrected chi connectivity index (χ3v) is 6.24. The predicted molar refractivity (Wildman–Crippen MR) is 132 cm³/mol. The number of aromatic nitrogens is 1. The highest BCUT2D eigenvalue weighted by molar-refractivity contribution is 14.0. The molecule has 1 aromatic heterocycles. The smallest absolute Gasteiger partial charge is 0.310 e. The van der Waals surface area contributed by atoms with E-state index in [-0.39, 0.29) is 35.9 Å². The summed E-state index contributed by atoms with van der Waals surface area (Å²) in [6.07, 6.45) is 4.18. The van der Waals surface area contributed by atoms with Crippen LogP contribution in [0.25, 0.3) is 0 Å². The SMILES string of the molecule is CCOC(=O)C1CCCN(C(=NC)NCC2CCN(Cc3nc(C)c(C)o3)CC2)C1.I. The Hall–Kier alpha value is -1.36. The van der Waals surface area contributed by atoms with Crippen molar-refractivity contribution in [3.05, 3.63) is 17.3 Å². The average Bonchev–Trinajstić information content (AvgIpc) is 3.07. The summed E-state index contributed by atoms with van der Waals surface area (Å²) < 4.78 is 10.9. The highest BCUT2D eigenvalue weighted by Gasteiger charge is 2.29. The van der Waals surface area contributed by atoms with Gasteiger partial charge in [0.2, 0.25) is 5.89 Å². The van der Waals surface area contributed by atoms with Crippen LogP contribution in [0.2, 0.25) is 0 Å². The molecule has 3 rings (SSSR count). The Bertz CT molecular complexity index is 711. The molecule has 0 aliphatic carbocycles. The van der Waals surface area contributed by atoms with E-state index in [1.165, 1.54) is 0 Å². The molecular formula is C22H38IN5O3. The van der Waals surface area contributed by atoms with Crippen LogP contribution in [0, 0.1) is 25.7 Å². The number of rotatable bonds is 6. The molecule has 1 atom stereocenters. The number of oxazole rings is 1. The number of aliphatic imine (C=N–C) groups is 1. The Morgan fingerprint density at radius 3 is 2.61 bits per heavy atom. The molecule has 1 unspecified atom stereocenters. The fourth-order valence-electron chi connectivity index (χ4n) is 4.34. The number of nitrogens with one attached hydrogen (secondary N) is 1. The van der Waals surface area contributed by atoms with Crippen molar-refractivity contribution in [1.29, 1.82) is 0 Å². The summed E-state index contributed by atoms with van der Waals surface area (Å²) in [6, 6.07) is 0. The highest BCUT2D eigenvalue weighted by atomic mass is 127. The first-order valence-electron chi connectivity index (χ1n) is 11.3. The van der Waals surface area contributed by atoms with Gasteiger partial charge in [0.1, 0.15) is 5.76 Å². The van der Waals surface area contributed by atoms with Gasteiger partial charge in [0, 0.05) is 26.7 Å². The van der Waals surface area contributed by atoms with Gasteiger partial charge in [0.15, 0.2) is 5.96 Å². The number of nitrogens with zero attached hydrogens (tertiary/aromatic N) is 4.